The minimum absolute atomic E-state index is 0.0397. The van der Waals surface area contributed by atoms with Crippen LogP contribution in [0.1, 0.15) is 25.7 Å². The molecular weight excluding hydrogens is 300 g/mol. The van der Waals surface area contributed by atoms with Crippen molar-refractivity contribution in [1.82, 2.24) is 0 Å². The number of amides is 1. The largest absolute Gasteiger partial charge is 0.309 e. The zero-order chi connectivity index (χ0) is 14.8. The summed E-state index contributed by atoms with van der Waals surface area (Å²) in [7, 11) is 1.73. The third-order valence-electron chi connectivity index (χ3n) is 3.53. The Morgan fingerprint density at radius 1 is 1.38 bits per heavy atom. The number of benzene rings is 1. The number of nitriles is 1. The number of carbonyl (C=O) groups is 1. The van der Waals surface area contributed by atoms with Gasteiger partial charge in [0.2, 0.25) is 0 Å². The molecule has 21 heavy (non-hydrogen) atoms. The zero-order valence-electron chi connectivity index (χ0n) is 11.6. The fourth-order valence-corrected chi connectivity index (χ4v) is 4.74. The van der Waals surface area contributed by atoms with Crippen molar-refractivity contribution in [2.75, 3.05) is 17.7 Å². The quantitative estimate of drug-likeness (QED) is 0.849. The Morgan fingerprint density at radius 2 is 2.19 bits per heavy atom. The first-order valence-electron chi connectivity index (χ1n) is 6.67. The number of thiophene rings is 1. The summed E-state index contributed by atoms with van der Waals surface area (Å²) in [4.78, 5) is 16.3. The van der Waals surface area contributed by atoms with E-state index >= 15 is 0 Å². The van der Waals surface area contributed by atoms with E-state index in [1.165, 1.54) is 10.4 Å². The van der Waals surface area contributed by atoms with E-state index in [0.717, 1.165) is 22.8 Å². The van der Waals surface area contributed by atoms with Crippen LogP contribution in [0.15, 0.2) is 30.3 Å². The predicted octanol–water partition coefficient (Wildman–Crippen LogP) is 3.69. The number of rotatable bonds is 2. The molecule has 0 unspecified atom stereocenters. The predicted molar refractivity (Wildman–Crippen MR) is 88.1 cm³/mol. The van der Waals surface area contributed by atoms with Gasteiger partial charge in [0.25, 0.3) is 5.91 Å². The van der Waals surface area contributed by atoms with E-state index in [-0.39, 0.29) is 5.91 Å². The van der Waals surface area contributed by atoms with E-state index < -0.39 is 0 Å². The molecule has 0 spiro atoms. The Labute approximate surface area is 132 Å². The van der Waals surface area contributed by atoms with Crippen molar-refractivity contribution < 1.29 is 4.79 Å². The minimum Gasteiger partial charge on any atom is -0.309 e. The van der Waals surface area contributed by atoms with Gasteiger partial charge < -0.3 is 4.90 Å². The molecule has 0 saturated heterocycles. The molecule has 1 aliphatic heterocycles. The topological polar surface area (TPSA) is 44.1 Å². The first-order chi connectivity index (χ1) is 10.2. The van der Waals surface area contributed by atoms with Gasteiger partial charge in [-0.1, -0.05) is 12.1 Å². The van der Waals surface area contributed by atoms with Gasteiger partial charge >= 0.3 is 0 Å². The van der Waals surface area contributed by atoms with Crippen molar-refractivity contribution in [2.24, 2.45) is 0 Å². The minimum atomic E-state index is -0.0397. The lowest BCUT2D eigenvalue weighted by Gasteiger charge is -2.17. The number of para-hydroxylation sites is 1. The third-order valence-corrected chi connectivity index (χ3v) is 5.76. The lowest BCUT2D eigenvalue weighted by Crippen LogP contribution is -2.26. The molecule has 3 nitrogen and oxygen atoms in total. The highest BCUT2D eigenvalue weighted by Crippen LogP contribution is 2.33. The van der Waals surface area contributed by atoms with Gasteiger partial charge in [0.05, 0.1) is 16.1 Å². The van der Waals surface area contributed by atoms with Crippen LogP contribution in [0.3, 0.4) is 0 Å². The van der Waals surface area contributed by atoms with E-state index in [1.807, 2.05) is 23.9 Å². The molecule has 3 rings (SSSR count). The number of carbonyl (C=O) groups excluding carboxylic acids is 1. The van der Waals surface area contributed by atoms with Crippen LogP contribution in [0.5, 0.6) is 0 Å². The van der Waals surface area contributed by atoms with Gasteiger partial charge in [-0.2, -0.15) is 17.0 Å². The Kier molecular flexibility index (Phi) is 4.00. The average molecular weight is 314 g/mol. The number of nitrogens with zero attached hydrogens (tertiary/aromatic N) is 2. The highest BCUT2D eigenvalue weighted by atomic mass is 32.2. The summed E-state index contributed by atoms with van der Waals surface area (Å²) in [6, 6.07) is 11.3. The average Bonchev–Trinajstić information content (AvgIpc) is 2.97. The van der Waals surface area contributed by atoms with Crippen molar-refractivity contribution in [3.05, 3.63) is 51.2 Å². The molecular formula is C16H14N2OS2. The molecule has 0 atom stereocenters. The van der Waals surface area contributed by atoms with Crippen molar-refractivity contribution >= 4 is 34.7 Å². The lowest BCUT2D eigenvalue weighted by molar-refractivity contribution is 0.0996. The van der Waals surface area contributed by atoms with Crippen LogP contribution >= 0.6 is 23.1 Å². The molecule has 1 aliphatic rings. The van der Waals surface area contributed by atoms with Crippen LogP contribution < -0.4 is 4.90 Å². The molecule has 1 aromatic carbocycles. The fourth-order valence-electron chi connectivity index (χ4n) is 2.39. The molecule has 0 fully saturated rings. The normalized spacial score (nSPS) is 13.3. The smallest absolute Gasteiger partial charge is 0.268 e. The van der Waals surface area contributed by atoms with Crippen LogP contribution in [0.2, 0.25) is 0 Å². The van der Waals surface area contributed by atoms with Crippen molar-refractivity contribution in [3.63, 3.8) is 0 Å². The SMILES string of the molecule is CN(C(=O)c1cc2c(s1)CCSC2)c1ccccc1C#N. The van der Waals surface area contributed by atoms with E-state index in [4.69, 9.17) is 5.26 Å². The number of fused-ring (bicyclic) bond motifs is 1. The van der Waals surface area contributed by atoms with Gasteiger partial charge in [-0.05, 0) is 35.9 Å². The molecule has 1 amide bonds. The second kappa shape index (κ2) is 5.92. The number of hydrogen-bond acceptors (Lipinski definition) is 4. The van der Waals surface area contributed by atoms with E-state index in [0.29, 0.717) is 11.3 Å². The van der Waals surface area contributed by atoms with Crippen molar-refractivity contribution in [2.45, 2.75) is 12.2 Å². The number of anilines is 1. The van der Waals surface area contributed by atoms with Gasteiger partial charge in [-0.25, -0.2) is 0 Å². The second-order valence-electron chi connectivity index (χ2n) is 4.85. The van der Waals surface area contributed by atoms with Crippen LogP contribution in [0.4, 0.5) is 5.69 Å². The summed E-state index contributed by atoms with van der Waals surface area (Å²) >= 11 is 3.50. The molecule has 0 aliphatic carbocycles. The first kappa shape index (κ1) is 14.2. The van der Waals surface area contributed by atoms with Gasteiger partial charge in [0, 0.05) is 17.7 Å². The molecule has 1 aromatic heterocycles. The van der Waals surface area contributed by atoms with E-state index in [2.05, 4.69) is 6.07 Å². The number of hydrogen-bond donors (Lipinski definition) is 0. The van der Waals surface area contributed by atoms with E-state index in [1.54, 1.807) is 41.5 Å². The van der Waals surface area contributed by atoms with Crippen LogP contribution in [0.25, 0.3) is 0 Å². The monoisotopic (exact) mass is 314 g/mol. The summed E-state index contributed by atoms with van der Waals surface area (Å²) in [6.45, 7) is 0. The number of aryl methyl sites for hydroxylation is 1. The third kappa shape index (κ3) is 2.69. The molecule has 5 heteroatoms. The van der Waals surface area contributed by atoms with Gasteiger partial charge in [-0.15, -0.1) is 11.3 Å². The van der Waals surface area contributed by atoms with Crippen molar-refractivity contribution in [3.8, 4) is 6.07 Å². The molecule has 0 N–H and O–H groups in total. The summed E-state index contributed by atoms with van der Waals surface area (Å²) in [5.74, 6) is 2.09. The second-order valence-corrected chi connectivity index (χ2v) is 7.10. The maximum atomic E-state index is 12.7. The van der Waals surface area contributed by atoms with Gasteiger partial charge in [0.15, 0.2) is 0 Å². The Morgan fingerprint density at radius 3 is 2.95 bits per heavy atom. The van der Waals surface area contributed by atoms with E-state index in [9.17, 15) is 4.79 Å². The standard InChI is InChI=1S/C16H14N2OS2/c1-18(13-5-3-2-4-11(13)9-17)16(19)15-8-12-10-20-7-6-14(12)21-15/h2-5,8H,6-7,10H2,1H3. The summed E-state index contributed by atoms with van der Waals surface area (Å²) in [6.07, 6.45) is 1.05. The fraction of sp³-hybridized carbons (Fsp3) is 0.250. The summed E-state index contributed by atoms with van der Waals surface area (Å²) < 4.78 is 0. The maximum absolute atomic E-state index is 12.7. The maximum Gasteiger partial charge on any atom is 0.268 e. The summed E-state index contributed by atoms with van der Waals surface area (Å²) in [5.41, 5.74) is 2.47. The number of thioether (sulfide) groups is 1. The van der Waals surface area contributed by atoms with Gasteiger partial charge in [-0.3, -0.25) is 4.79 Å². The zero-order valence-corrected chi connectivity index (χ0v) is 13.3. The highest BCUT2D eigenvalue weighted by Gasteiger charge is 2.21. The van der Waals surface area contributed by atoms with Gasteiger partial charge in [0.1, 0.15) is 6.07 Å². The Hall–Kier alpha value is -1.77. The van der Waals surface area contributed by atoms with Crippen molar-refractivity contribution in [1.29, 1.82) is 5.26 Å². The molecule has 2 heterocycles. The molecule has 0 radical (unpaired) electrons. The van der Waals surface area contributed by atoms with Crippen LogP contribution in [0, 0.1) is 11.3 Å². The molecule has 2 aromatic rings. The Balaban J connectivity index is 1.91. The summed E-state index contributed by atoms with van der Waals surface area (Å²) in [5, 5.41) is 9.16. The molecule has 0 saturated carbocycles. The Bertz CT molecular complexity index is 707. The van der Waals surface area contributed by atoms with Crippen LogP contribution in [-0.4, -0.2) is 18.7 Å². The molecule has 106 valence electrons. The first-order valence-corrected chi connectivity index (χ1v) is 8.64. The highest BCUT2D eigenvalue weighted by molar-refractivity contribution is 7.98. The lowest BCUT2D eigenvalue weighted by atomic mass is 10.1. The molecule has 0 bridgehead atoms. The van der Waals surface area contributed by atoms with Crippen LogP contribution in [-0.2, 0) is 12.2 Å².